The Hall–Kier alpha value is -2.76. The minimum Gasteiger partial charge on any atom is -0.448 e. The van der Waals surface area contributed by atoms with Crippen molar-refractivity contribution in [2.24, 2.45) is 0 Å². The van der Waals surface area contributed by atoms with Crippen LogP contribution in [0, 0.1) is 6.92 Å². The van der Waals surface area contributed by atoms with Gasteiger partial charge in [-0.15, -0.1) is 0 Å². The van der Waals surface area contributed by atoms with Crippen LogP contribution in [0.15, 0.2) is 36.7 Å². The van der Waals surface area contributed by atoms with Gasteiger partial charge in [-0.1, -0.05) is 19.1 Å². The topological polar surface area (TPSA) is 81.2 Å². The minimum absolute atomic E-state index is 0.0718. The molecule has 23 heavy (non-hydrogen) atoms. The lowest BCUT2D eigenvalue weighted by atomic mass is 10.1. The monoisotopic (exact) mass is 313 g/mol. The zero-order chi connectivity index (χ0) is 16.8. The van der Waals surface area contributed by atoms with Crippen molar-refractivity contribution in [2.75, 3.05) is 5.32 Å². The van der Waals surface area contributed by atoms with Gasteiger partial charge in [0, 0.05) is 11.9 Å². The average Bonchev–Trinajstić information content (AvgIpc) is 2.56. The first-order chi connectivity index (χ1) is 11.0. The summed E-state index contributed by atoms with van der Waals surface area (Å²) < 4.78 is 5.10. The molecule has 1 atom stereocenters. The first-order valence-electron chi connectivity index (χ1n) is 7.39. The van der Waals surface area contributed by atoms with E-state index in [0.29, 0.717) is 11.4 Å². The van der Waals surface area contributed by atoms with Crippen LogP contribution in [-0.4, -0.2) is 27.9 Å². The SMILES string of the molecule is CCc1ccc(NC(=O)[C@H](C)OC(=O)c2cnc(C)cn2)cc1. The Kier molecular flexibility index (Phi) is 5.41. The first kappa shape index (κ1) is 16.6. The highest BCUT2D eigenvalue weighted by Crippen LogP contribution is 2.11. The van der Waals surface area contributed by atoms with Crippen LogP contribution in [0.3, 0.4) is 0 Å². The summed E-state index contributed by atoms with van der Waals surface area (Å²) in [5.41, 5.74) is 2.61. The van der Waals surface area contributed by atoms with Gasteiger partial charge in [-0.05, 0) is 38.0 Å². The number of esters is 1. The van der Waals surface area contributed by atoms with Gasteiger partial charge in [0.2, 0.25) is 0 Å². The Labute approximate surface area is 134 Å². The summed E-state index contributed by atoms with van der Waals surface area (Å²) in [6, 6.07) is 7.51. The number of hydrogen-bond acceptors (Lipinski definition) is 5. The van der Waals surface area contributed by atoms with Gasteiger partial charge < -0.3 is 10.1 Å². The van der Waals surface area contributed by atoms with Gasteiger partial charge in [-0.25, -0.2) is 9.78 Å². The Bertz CT molecular complexity index is 681. The number of carbonyl (C=O) groups excluding carboxylic acids is 2. The lowest BCUT2D eigenvalue weighted by Gasteiger charge is -2.13. The summed E-state index contributed by atoms with van der Waals surface area (Å²) in [4.78, 5) is 31.9. The number of benzene rings is 1. The van der Waals surface area contributed by atoms with Gasteiger partial charge in [0.05, 0.1) is 11.9 Å². The summed E-state index contributed by atoms with van der Waals surface area (Å²) in [5.74, 6) is -1.08. The van der Waals surface area contributed by atoms with Gasteiger partial charge >= 0.3 is 5.97 Å². The van der Waals surface area contributed by atoms with Crippen LogP contribution in [-0.2, 0) is 16.0 Å². The lowest BCUT2D eigenvalue weighted by Crippen LogP contribution is -2.30. The Morgan fingerprint density at radius 1 is 1.17 bits per heavy atom. The molecule has 1 heterocycles. The molecule has 0 saturated carbocycles. The molecule has 0 aliphatic carbocycles. The van der Waals surface area contributed by atoms with Gasteiger partial charge in [0.25, 0.3) is 5.91 Å². The van der Waals surface area contributed by atoms with Crippen LogP contribution >= 0.6 is 0 Å². The number of anilines is 1. The van der Waals surface area contributed by atoms with Gasteiger partial charge in [-0.2, -0.15) is 0 Å². The summed E-state index contributed by atoms with van der Waals surface area (Å²) in [5, 5.41) is 2.71. The van der Waals surface area contributed by atoms with Crippen LogP contribution in [0.5, 0.6) is 0 Å². The van der Waals surface area contributed by atoms with Crippen LogP contribution in [0.4, 0.5) is 5.69 Å². The Balaban J connectivity index is 1.93. The molecule has 0 saturated heterocycles. The molecule has 6 nitrogen and oxygen atoms in total. The summed E-state index contributed by atoms with van der Waals surface area (Å²) in [6.07, 6.45) is 2.79. The number of ether oxygens (including phenoxy) is 1. The number of rotatable bonds is 5. The van der Waals surface area contributed by atoms with E-state index in [-0.39, 0.29) is 5.69 Å². The smallest absolute Gasteiger partial charge is 0.359 e. The number of aryl methyl sites for hydroxylation is 2. The summed E-state index contributed by atoms with van der Waals surface area (Å²) >= 11 is 0. The number of aromatic nitrogens is 2. The van der Waals surface area contributed by atoms with Crippen LogP contribution in [0.1, 0.15) is 35.6 Å². The molecule has 120 valence electrons. The Morgan fingerprint density at radius 2 is 1.87 bits per heavy atom. The molecule has 1 amide bonds. The van der Waals surface area contributed by atoms with Crippen molar-refractivity contribution in [3.63, 3.8) is 0 Å². The van der Waals surface area contributed by atoms with Gasteiger partial charge in [0.15, 0.2) is 11.8 Å². The van der Waals surface area contributed by atoms with E-state index >= 15 is 0 Å². The van der Waals surface area contributed by atoms with Crippen molar-refractivity contribution in [1.82, 2.24) is 9.97 Å². The number of nitrogens with zero attached hydrogens (tertiary/aromatic N) is 2. The van der Waals surface area contributed by atoms with Crippen molar-refractivity contribution in [1.29, 1.82) is 0 Å². The molecule has 0 aliphatic rings. The molecule has 1 aromatic carbocycles. The molecule has 1 aromatic heterocycles. The van der Waals surface area contributed by atoms with Crippen LogP contribution in [0.2, 0.25) is 0 Å². The van der Waals surface area contributed by atoms with Gasteiger partial charge in [0.1, 0.15) is 0 Å². The molecule has 0 spiro atoms. The second-order valence-electron chi connectivity index (χ2n) is 5.13. The maximum atomic E-state index is 12.1. The second-order valence-corrected chi connectivity index (χ2v) is 5.13. The fraction of sp³-hybridized carbons (Fsp3) is 0.294. The number of carbonyl (C=O) groups is 2. The van der Waals surface area contributed by atoms with E-state index in [0.717, 1.165) is 6.42 Å². The summed E-state index contributed by atoms with van der Waals surface area (Å²) in [7, 11) is 0. The quantitative estimate of drug-likeness (QED) is 0.858. The molecule has 1 N–H and O–H groups in total. The van der Waals surface area contributed by atoms with E-state index < -0.39 is 18.0 Å². The summed E-state index contributed by atoms with van der Waals surface area (Å²) in [6.45, 7) is 5.33. The number of amides is 1. The predicted octanol–water partition coefficient (Wildman–Crippen LogP) is 2.53. The standard InChI is InChI=1S/C17H19N3O3/c1-4-13-5-7-14(8-6-13)20-16(21)12(3)23-17(22)15-10-18-11(2)9-19-15/h5-10,12H,4H2,1-3H3,(H,20,21)/t12-/m0/s1. The maximum Gasteiger partial charge on any atom is 0.359 e. The lowest BCUT2D eigenvalue weighted by molar-refractivity contribution is -0.123. The van der Waals surface area contributed by atoms with Crippen molar-refractivity contribution in [2.45, 2.75) is 33.3 Å². The van der Waals surface area contributed by atoms with Crippen molar-refractivity contribution in [3.8, 4) is 0 Å². The highest BCUT2D eigenvalue weighted by atomic mass is 16.5. The molecule has 0 unspecified atom stereocenters. The predicted molar refractivity (Wildman–Crippen MR) is 86.1 cm³/mol. The second kappa shape index (κ2) is 7.49. The van der Waals surface area contributed by atoms with E-state index in [4.69, 9.17) is 4.74 Å². The number of nitrogens with one attached hydrogen (secondary N) is 1. The molecule has 0 aliphatic heterocycles. The van der Waals surface area contributed by atoms with E-state index in [1.807, 2.05) is 24.3 Å². The highest BCUT2D eigenvalue weighted by molar-refractivity contribution is 5.96. The zero-order valence-corrected chi connectivity index (χ0v) is 13.4. The van der Waals surface area contributed by atoms with Gasteiger partial charge in [-0.3, -0.25) is 9.78 Å². The van der Waals surface area contributed by atoms with Crippen molar-refractivity contribution >= 4 is 17.6 Å². The molecule has 0 fully saturated rings. The van der Waals surface area contributed by atoms with E-state index in [9.17, 15) is 9.59 Å². The zero-order valence-electron chi connectivity index (χ0n) is 13.4. The Morgan fingerprint density at radius 3 is 2.43 bits per heavy atom. The van der Waals surface area contributed by atoms with Crippen LogP contribution < -0.4 is 5.32 Å². The molecular weight excluding hydrogens is 294 g/mol. The molecule has 0 bridgehead atoms. The fourth-order valence-electron chi connectivity index (χ4n) is 1.84. The third-order valence-electron chi connectivity index (χ3n) is 3.27. The third-order valence-corrected chi connectivity index (χ3v) is 3.27. The van der Waals surface area contributed by atoms with Crippen molar-refractivity contribution in [3.05, 3.63) is 53.6 Å². The third kappa shape index (κ3) is 4.60. The van der Waals surface area contributed by atoms with Crippen molar-refractivity contribution < 1.29 is 14.3 Å². The first-order valence-corrected chi connectivity index (χ1v) is 7.39. The largest absolute Gasteiger partial charge is 0.448 e. The van der Waals surface area contributed by atoms with E-state index in [1.165, 1.54) is 24.9 Å². The maximum absolute atomic E-state index is 12.1. The molecule has 2 rings (SSSR count). The van der Waals surface area contributed by atoms with Crippen LogP contribution in [0.25, 0.3) is 0 Å². The number of hydrogen-bond donors (Lipinski definition) is 1. The molecule has 6 heteroatoms. The molecule has 2 aromatic rings. The normalized spacial score (nSPS) is 11.6. The van der Waals surface area contributed by atoms with E-state index in [2.05, 4.69) is 22.2 Å². The average molecular weight is 313 g/mol. The van der Waals surface area contributed by atoms with E-state index in [1.54, 1.807) is 6.92 Å². The highest BCUT2D eigenvalue weighted by Gasteiger charge is 2.20. The minimum atomic E-state index is -0.934. The molecule has 0 radical (unpaired) electrons. The fourth-order valence-corrected chi connectivity index (χ4v) is 1.84. The molecular formula is C17H19N3O3.